The van der Waals surface area contributed by atoms with Crippen molar-refractivity contribution in [3.05, 3.63) is 22.3 Å². The smallest absolute Gasteiger partial charge is 0.128 e. The van der Waals surface area contributed by atoms with Crippen LogP contribution in [0.5, 0.6) is 11.5 Å². The van der Waals surface area contributed by atoms with E-state index in [2.05, 4.69) is 13.0 Å². The maximum atomic E-state index is 9.64. The zero-order valence-corrected chi connectivity index (χ0v) is 11.9. The first-order valence-electron chi connectivity index (χ1n) is 7.62. The fourth-order valence-electron chi connectivity index (χ4n) is 3.72. The summed E-state index contributed by atoms with van der Waals surface area (Å²) in [6.45, 7) is 3.72. The van der Waals surface area contributed by atoms with E-state index in [4.69, 9.17) is 9.47 Å². The first kappa shape index (κ1) is 12.1. The van der Waals surface area contributed by atoms with Gasteiger partial charge in [0.1, 0.15) is 11.5 Å². The fourth-order valence-corrected chi connectivity index (χ4v) is 3.72. The molecular weight excluding hydrogens is 250 g/mol. The minimum atomic E-state index is -0.292. The molecule has 0 spiro atoms. The van der Waals surface area contributed by atoms with Gasteiger partial charge in [-0.2, -0.15) is 5.26 Å². The van der Waals surface area contributed by atoms with Crippen LogP contribution >= 0.6 is 0 Å². The maximum absolute atomic E-state index is 9.64. The standard InChI is InChI=1S/C17H19NO2/c1-11-12-4-2-9-20-16(12)14(17(10-18)6-7-17)13-5-3-8-19-15(11)13/h2-9H2,1H3. The van der Waals surface area contributed by atoms with Crippen LogP contribution in [0.2, 0.25) is 0 Å². The van der Waals surface area contributed by atoms with Crippen molar-refractivity contribution < 1.29 is 9.47 Å². The highest BCUT2D eigenvalue weighted by molar-refractivity contribution is 5.65. The molecule has 3 heteroatoms. The molecular formula is C17H19NO2. The molecule has 1 aromatic rings. The van der Waals surface area contributed by atoms with Crippen LogP contribution in [0.25, 0.3) is 0 Å². The molecule has 1 aromatic carbocycles. The average molecular weight is 269 g/mol. The molecule has 0 saturated heterocycles. The van der Waals surface area contributed by atoms with Crippen molar-refractivity contribution in [3.8, 4) is 17.6 Å². The summed E-state index contributed by atoms with van der Waals surface area (Å²) in [6.07, 6.45) is 6.10. The van der Waals surface area contributed by atoms with Crippen molar-refractivity contribution >= 4 is 0 Å². The monoisotopic (exact) mass is 269 g/mol. The Kier molecular flexibility index (Phi) is 2.51. The van der Waals surface area contributed by atoms with Crippen LogP contribution in [0.3, 0.4) is 0 Å². The highest BCUT2D eigenvalue weighted by Gasteiger charge is 2.50. The Morgan fingerprint density at radius 1 is 1.00 bits per heavy atom. The van der Waals surface area contributed by atoms with E-state index in [1.165, 1.54) is 22.3 Å². The Morgan fingerprint density at radius 3 is 2.30 bits per heavy atom. The van der Waals surface area contributed by atoms with Crippen LogP contribution in [0.15, 0.2) is 0 Å². The minimum Gasteiger partial charge on any atom is -0.493 e. The highest BCUT2D eigenvalue weighted by Crippen LogP contribution is 2.56. The first-order chi connectivity index (χ1) is 9.77. The average Bonchev–Trinajstić information content (AvgIpc) is 3.29. The number of hydrogen-bond acceptors (Lipinski definition) is 3. The Bertz CT molecular complexity index is 586. The second-order valence-corrected chi connectivity index (χ2v) is 6.21. The normalized spacial score (nSPS) is 21.8. The molecule has 4 rings (SSSR count). The summed E-state index contributed by atoms with van der Waals surface area (Å²) in [5, 5.41) is 9.64. The Hall–Kier alpha value is -1.69. The molecule has 2 aliphatic heterocycles. The molecule has 0 bridgehead atoms. The summed E-state index contributed by atoms with van der Waals surface area (Å²) in [5.41, 5.74) is 4.67. The molecule has 1 aliphatic carbocycles. The molecule has 3 nitrogen and oxygen atoms in total. The Balaban J connectivity index is 2.03. The van der Waals surface area contributed by atoms with Gasteiger partial charge in [-0.15, -0.1) is 0 Å². The molecule has 1 fully saturated rings. The quantitative estimate of drug-likeness (QED) is 0.786. The number of rotatable bonds is 1. The molecule has 0 atom stereocenters. The number of nitriles is 1. The van der Waals surface area contributed by atoms with E-state index >= 15 is 0 Å². The third-order valence-electron chi connectivity index (χ3n) is 4.95. The van der Waals surface area contributed by atoms with Gasteiger partial charge in [0, 0.05) is 16.7 Å². The molecule has 0 amide bonds. The zero-order chi connectivity index (χ0) is 13.7. The predicted octanol–water partition coefficient (Wildman–Crippen LogP) is 3.20. The maximum Gasteiger partial charge on any atom is 0.128 e. The van der Waals surface area contributed by atoms with Crippen LogP contribution in [0.4, 0.5) is 0 Å². The van der Waals surface area contributed by atoms with Crippen LogP contribution in [0, 0.1) is 18.3 Å². The van der Waals surface area contributed by atoms with Gasteiger partial charge in [0.15, 0.2) is 0 Å². The van der Waals surface area contributed by atoms with Crippen LogP contribution in [-0.2, 0) is 18.3 Å². The summed E-state index contributed by atoms with van der Waals surface area (Å²) in [7, 11) is 0. The SMILES string of the molecule is Cc1c2c(c(C3(C#N)CC3)c3c1OCCC3)OCCC2. The highest BCUT2D eigenvalue weighted by atomic mass is 16.5. The number of nitrogens with zero attached hydrogens (tertiary/aromatic N) is 1. The van der Waals surface area contributed by atoms with Crippen molar-refractivity contribution in [2.45, 2.75) is 50.9 Å². The van der Waals surface area contributed by atoms with E-state index in [1.54, 1.807) is 0 Å². The lowest BCUT2D eigenvalue weighted by Crippen LogP contribution is -2.22. The van der Waals surface area contributed by atoms with Gasteiger partial charge >= 0.3 is 0 Å². The largest absolute Gasteiger partial charge is 0.493 e. The minimum absolute atomic E-state index is 0.292. The van der Waals surface area contributed by atoms with Crippen molar-refractivity contribution in [1.82, 2.24) is 0 Å². The second-order valence-electron chi connectivity index (χ2n) is 6.21. The van der Waals surface area contributed by atoms with Crippen LogP contribution in [-0.4, -0.2) is 13.2 Å². The number of fused-ring (bicyclic) bond motifs is 2. The van der Waals surface area contributed by atoms with Gasteiger partial charge in [-0.1, -0.05) is 0 Å². The molecule has 3 aliphatic rings. The number of benzene rings is 1. The van der Waals surface area contributed by atoms with E-state index in [0.29, 0.717) is 0 Å². The molecule has 0 aromatic heterocycles. The third-order valence-corrected chi connectivity index (χ3v) is 4.95. The van der Waals surface area contributed by atoms with E-state index in [-0.39, 0.29) is 5.41 Å². The van der Waals surface area contributed by atoms with Crippen molar-refractivity contribution in [3.63, 3.8) is 0 Å². The molecule has 0 N–H and O–H groups in total. The molecule has 20 heavy (non-hydrogen) atoms. The topological polar surface area (TPSA) is 42.2 Å². The molecule has 104 valence electrons. The van der Waals surface area contributed by atoms with E-state index in [9.17, 15) is 5.26 Å². The summed E-state index contributed by atoms with van der Waals surface area (Å²) < 4.78 is 12.0. The molecule has 0 unspecified atom stereocenters. The Labute approximate surface area is 119 Å². The summed E-state index contributed by atoms with van der Waals surface area (Å²) in [4.78, 5) is 0. The van der Waals surface area contributed by atoms with Crippen molar-refractivity contribution in [2.24, 2.45) is 0 Å². The number of hydrogen-bond donors (Lipinski definition) is 0. The molecule has 0 radical (unpaired) electrons. The van der Waals surface area contributed by atoms with Crippen LogP contribution < -0.4 is 9.47 Å². The van der Waals surface area contributed by atoms with Gasteiger partial charge in [-0.25, -0.2) is 0 Å². The first-order valence-corrected chi connectivity index (χ1v) is 7.62. The number of ether oxygens (including phenoxy) is 2. The van der Waals surface area contributed by atoms with Gasteiger partial charge in [0.2, 0.25) is 0 Å². The molecule has 2 heterocycles. The lowest BCUT2D eigenvalue weighted by atomic mass is 9.82. The van der Waals surface area contributed by atoms with Crippen molar-refractivity contribution in [2.75, 3.05) is 13.2 Å². The van der Waals surface area contributed by atoms with Crippen LogP contribution in [0.1, 0.15) is 47.9 Å². The van der Waals surface area contributed by atoms with Gasteiger partial charge in [-0.05, 0) is 51.0 Å². The van der Waals surface area contributed by atoms with Gasteiger partial charge in [0.05, 0.1) is 24.7 Å². The lowest BCUT2D eigenvalue weighted by molar-refractivity contribution is 0.266. The van der Waals surface area contributed by atoms with Crippen molar-refractivity contribution in [1.29, 1.82) is 5.26 Å². The summed E-state index contributed by atoms with van der Waals surface area (Å²) in [5.74, 6) is 2.08. The second kappa shape index (κ2) is 4.15. The summed E-state index contributed by atoms with van der Waals surface area (Å²) >= 11 is 0. The lowest BCUT2D eigenvalue weighted by Gasteiger charge is -2.31. The van der Waals surface area contributed by atoms with Gasteiger partial charge in [-0.3, -0.25) is 0 Å². The van der Waals surface area contributed by atoms with Gasteiger partial charge < -0.3 is 9.47 Å². The van der Waals surface area contributed by atoms with Gasteiger partial charge in [0.25, 0.3) is 0 Å². The molecule has 1 saturated carbocycles. The Morgan fingerprint density at radius 2 is 1.65 bits per heavy atom. The predicted molar refractivity (Wildman–Crippen MR) is 75.3 cm³/mol. The fraction of sp³-hybridized carbons (Fsp3) is 0.588. The zero-order valence-electron chi connectivity index (χ0n) is 11.9. The summed E-state index contributed by atoms with van der Waals surface area (Å²) in [6, 6.07) is 2.55. The van der Waals surface area contributed by atoms with E-state index in [1.807, 2.05) is 0 Å². The third kappa shape index (κ3) is 1.51. The van der Waals surface area contributed by atoms with E-state index < -0.39 is 0 Å². The van der Waals surface area contributed by atoms with E-state index in [0.717, 1.165) is 63.2 Å².